The summed E-state index contributed by atoms with van der Waals surface area (Å²) in [7, 11) is 0. The van der Waals surface area contributed by atoms with E-state index in [9.17, 15) is 9.18 Å². The first kappa shape index (κ1) is 17.1. The van der Waals surface area contributed by atoms with Crippen LogP contribution in [0.1, 0.15) is 22.1 Å². The molecule has 0 aliphatic carbocycles. The van der Waals surface area contributed by atoms with Gasteiger partial charge in [0.05, 0.1) is 22.4 Å². The highest BCUT2D eigenvalue weighted by Crippen LogP contribution is 2.45. The van der Waals surface area contributed by atoms with Crippen molar-refractivity contribution in [2.75, 3.05) is 11.1 Å². The molecule has 3 aromatic rings. The minimum absolute atomic E-state index is 0.103. The van der Waals surface area contributed by atoms with Gasteiger partial charge in [0.15, 0.2) is 0 Å². The van der Waals surface area contributed by atoms with E-state index in [1.165, 1.54) is 23.9 Å². The highest BCUT2D eigenvalue weighted by Gasteiger charge is 2.31. The summed E-state index contributed by atoms with van der Waals surface area (Å²) < 4.78 is 14.9. The number of amides is 1. The van der Waals surface area contributed by atoms with Crippen molar-refractivity contribution in [1.82, 2.24) is 9.78 Å². The molecule has 26 heavy (non-hydrogen) atoms. The number of halogens is 2. The lowest BCUT2D eigenvalue weighted by molar-refractivity contribution is -0.113. The molecule has 4 rings (SSSR count). The zero-order chi connectivity index (χ0) is 18.3. The standard InChI is InChI=1S/C19H15ClFN3OS/c1-11-17-18(14-4-2-3-5-15(14)20)26-10-16(25)22-19(17)24(23-11)13-8-6-12(21)7-9-13/h2-9,18H,10H2,1H3,(H,22,25)/t18-/m0/s1. The molecule has 1 N–H and O–H groups in total. The number of carbonyl (C=O) groups excluding carboxylic acids is 1. The van der Waals surface area contributed by atoms with Crippen molar-refractivity contribution in [3.05, 3.63) is 76.2 Å². The van der Waals surface area contributed by atoms with Crippen LogP contribution < -0.4 is 5.32 Å². The first-order chi connectivity index (χ1) is 12.5. The summed E-state index contributed by atoms with van der Waals surface area (Å²) in [6.07, 6.45) is 0. The molecule has 7 heteroatoms. The number of aryl methyl sites for hydroxylation is 1. The number of nitrogens with one attached hydrogen (secondary N) is 1. The first-order valence-electron chi connectivity index (χ1n) is 8.06. The Morgan fingerprint density at radius 1 is 1.23 bits per heavy atom. The Kier molecular flexibility index (Phi) is 4.46. The Labute approximate surface area is 159 Å². The van der Waals surface area contributed by atoms with Crippen molar-refractivity contribution >= 4 is 35.1 Å². The number of nitrogens with zero attached hydrogens (tertiary/aromatic N) is 2. The SMILES string of the molecule is Cc1nn(-c2ccc(F)cc2)c2c1[C@H](c1ccccc1Cl)SCC(=O)N2. The Bertz CT molecular complexity index is 987. The summed E-state index contributed by atoms with van der Waals surface area (Å²) in [6, 6.07) is 13.6. The van der Waals surface area contributed by atoms with Gasteiger partial charge in [0.1, 0.15) is 11.6 Å². The lowest BCUT2D eigenvalue weighted by Gasteiger charge is -2.16. The summed E-state index contributed by atoms with van der Waals surface area (Å²) in [4.78, 5) is 12.3. The second-order valence-electron chi connectivity index (χ2n) is 6.00. The van der Waals surface area contributed by atoms with Crippen LogP contribution in [-0.2, 0) is 4.79 Å². The van der Waals surface area contributed by atoms with Crippen molar-refractivity contribution in [2.24, 2.45) is 0 Å². The Hall–Kier alpha value is -2.31. The van der Waals surface area contributed by atoms with Gasteiger partial charge >= 0.3 is 0 Å². The fourth-order valence-electron chi connectivity index (χ4n) is 3.09. The van der Waals surface area contributed by atoms with Gasteiger partial charge in [0.25, 0.3) is 0 Å². The number of rotatable bonds is 2. The van der Waals surface area contributed by atoms with Gasteiger partial charge < -0.3 is 5.32 Å². The smallest absolute Gasteiger partial charge is 0.235 e. The normalized spacial score (nSPS) is 16.7. The Balaban J connectivity index is 1.91. The molecule has 2 aromatic carbocycles. The average Bonchev–Trinajstić information content (AvgIpc) is 2.83. The number of aromatic nitrogens is 2. The average molecular weight is 388 g/mol. The zero-order valence-electron chi connectivity index (χ0n) is 13.9. The molecule has 0 saturated heterocycles. The largest absolute Gasteiger partial charge is 0.310 e. The van der Waals surface area contributed by atoms with Crippen LogP contribution in [0.4, 0.5) is 10.2 Å². The van der Waals surface area contributed by atoms with Crippen molar-refractivity contribution < 1.29 is 9.18 Å². The Morgan fingerprint density at radius 3 is 2.69 bits per heavy atom. The third-order valence-corrected chi connectivity index (χ3v) is 5.86. The minimum Gasteiger partial charge on any atom is -0.310 e. The molecule has 1 amide bonds. The topological polar surface area (TPSA) is 46.9 Å². The summed E-state index contributed by atoms with van der Waals surface area (Å²) >= 11 is 7.94. The van der Waals surface area contributed by atoms with Crippen molar-refractivity contribution in [1.29, 1.82) is 0 Å². The van der Waals surface area contributed by atoms with E-state index in [4.69, 9.17) is 11.6 Å². The van der Waals surface area contributed by atoms with E-state index in [1.54, 1.807) is 16.8 Å². The maximum absolute atomic E-state index is 13.3. The van der Waals surface area contributed by atoms with Crippen molar-refractivity contribution in [2.45, 2.75) is 12.2 Å². The molecule has 0 saturated carbocycles. The van der Waals surface area contributed by atoms with Gasteiger partial charge in [-0.25, -0.2) is 9.07 Å². The molecule has 2 heterocycles. The monoisotopic (exact) mass is 387 g/mol. The van der Waals surface area contributed by atoms with E-state index in [0.29, 0.717) is 22.3 Å². The van der Waals surface area contributed by atoms with Gasteiger partial charge in [-0.3, -0.25) is 4.79 Å². The number of hydrogen-bond donors (Lipinski definition) is 1. The van der Waals surface area contributed by atoms with Crippen LogP contribution in [0.3, 0.4) is 0 Å². The van der Waals surface area contributed by atoms with E-state index in [-0.39, 0.29) is 17.0 Å². The summed E-state index contributed by atoms with van der Waals surface area (Å²) in [5.41, 5.74) is 3.33. The maximum atomic E-state index is 13.3. The van der Waals surface area contributed by atoms with Crippen LogP contribution in [0.2, 0.25) is 5.02 Å². The van der Waals surface area contributed by atoms with E-state index in [2.05, 4.69) is 10.4 Å². The molecule has 0 unspecified atom stereocenters. The fraction of sp³-hybridized carbons (Fsp3) is 0.158. The summed E-state index contributed by atoms with van der Waals surface area (Å²) in [5.74, 6) is 0.494. The molecule has 1 aliphatic rings. The predicted octanol–water partition coefficient (Wildman–Crippen LogP) is 4.75. The van der Waals surface area contributed by atoms with E-state index in [1.807, 2.05) is 31.2 Å². The fourth-order valence-corrected chi connectivity index (χ4v) is 4.62. The van der Waals surface area contributed by atoms with E-state index < -0.39 is 0 Å². The van der Waals surface area contributed by atoms with Gasteiger partial charge in [-0.2, -0.15) is 5.10 Å². The molecule has 0 spiro atoms. The van der Waals surface area contributed by atoms with Gasteiger partial charge in [0.2, 0.25) is 5.91 Å². The maximum Gasteiger partial charge on any atom is 0.235 e. The van der Waals surface area contributed by atoms with Crippen LogP contribution >= 0.6 is 23.4 Å². The molecule has 132 valence electrons. The highest BCUT2D eigenvalue weighted by atomic mass is 35.5. The van der Waals surface area contributed by atoms with E-state index in [0.717, 1.165) is 16.8 Å². The molecule has 0 bridgehead atoms. The van der Waals surface area contributed by atoms with Gasteiger partial charge in [-0.15, -0.1) is 11.8 Å². The predicted molar refractivity (Wildman–Crippen MR) is 103 cm³/mol. The number of fused-ring (bicyclic) bond motifs is 1. The quantitative estimate of drug-likeness (QED) is 0.690. The van der Waals surface area contributed by atoms with Gasteiger partial charge in [0, 0.05) is 10.6 Å². The van der Waals surface area contributed by atoms with Crippen LogP contribution in [-0.4, -0.2) is 21.4 Å². The molecular formula is C19H15ClFN3OS. The van der Waals surface area contributed by atoms with Crippen LogP contribution in [0.15, 0.2) is 48.5 Å². The van der Waals surface area contributed by atoms with E-state index >= 15 is 0 Å². The lowest BCUT2D eigenvalue weighted by atomic mass is 10.0. The number of thioether (sulfide) groups is 1. The van der Waals surface area contributed by atoms with Crippen LogP contribution in [0, 0.1) is 12.7 Å². The van der Waals surface area contributed by atoms with Crippen molar-refractivity contribution in [3.63, 3.8) is 0 Å². The summed E-state index contributed by atoms with van der Waals surface area (Å²) in [5, 5.41) is 8.08. The highest BCUT2D eigenvalue weighted by molar-refractivity contribution is 8.00. The molecule has 1 aliphatic heterocycles. The van der Waals surface area contributed by atoms with Gasteiger partial charge in [-0.1, -0.05) is 29.8 Å². The molecule has 0 fully saturated rings. The minimum atomic E-state index is -0.322. The van der Waals surface area contributed by atoms with Crippen LogP contribution in [0.5, 0.6) is 0 Å². The second kappa shape index (κ2) is 6.78. The molecular weight excluding hydrogens is 373 g/mol. The third-order valence-electron chi connectivity index (χ3n) is 4.27. The number of carbonyl (C=O) groups is 1. The Morgan fingerprint density at radius 2 is 1.96 bits per heavy atom. The summed E-state index contributed by atoms with van der Waals surface area (Å²) in [6.45, 7) is 1.90. The van der Waals surface area contributed by atoms with Gasteiger partial charge in [-0.05, 0) is 42.8 Å². The second-order valence-corrected chi connectivity index (χ2v) is 7.50. The molecule has 0 radical (unpaired) electrons. The molecule has 1 atom stereocenters. The number of benzene rings is 2. The number of hydrogen-bond acceptors (Lipinski definition) is 3. The zero-order valence-corrected chi connectivity index (χ0v) is 15.4. The molecule has 4 nitrogen and oxygen atoms in total. The molecule has 1 aromatic heterocycles. The first-order valence-corrected chi connectivity index (χ1v) is 9.48. The van der Waals surface area contributed by atoms with Crippen LogP contribution in [0.25, 0.3) is 5.69 Å². The number of anilines is 1. The lowest BCUT2D eigenvalue weighted by Crippen LogP contribution is -2.15. The van der Waals surface area contributed by atoms with Crippen molar-refractivity contribution in [3.8, 4) is 5.69 Å². The third kappa shape index (κ3) is 2.99.